The number of H-pyrrole nitrogens is 1. The van der Waals surface area contributed by atoms with Gasteiger partial charge in [-0.3, -0.25) is 9.69 Å². The molecule has 2 heterocycles. The average molecular weight is 487 g/mol. The van der Waals surface area contributed by atoms with Crippen molar-refractivity contribution in [3.8, 4) is 5.75 Å². The summed E-state index contributed by atoms with van der Waals surface area (Å²) < 4.78 is 7.38. The number of fused-ring (bicyclic) bond motifs is 1. The predicted molar refractivity (Wildman–Crippen MR) is 140 cm³/mol. The Kier molecular flexibility index (Phi) is 7.13. The minimum Gasteiger partial charge on any atom is -0.497 e. The first-order valence-corrected chi connectivity index (χ1v) is 12.8. The van der Waals surface area contributed by atoms with E-state index in [2.05, 4.69) is 56.6 Å². The molecule has 0 bridgehead atoms. The number of nitrogens with zero attached hydrogens (tertiary/aromatic N) is 5. The monoisotopic (exact) mass is 486 g/mol. The van der Waals surface area contributed by atoms with Crippen molar-refractivity contribution in [2.45, 2.75) is 71.1 Å². The number of aryl methyl sites for hydroxylation is 1. The van der Waals surface area contributed by atoms with Crippen molar-refractivity contribution in [1.82, 2.24) is 30.1 Å². The lowest BCUT2D eigenvalue weighted by Crippen LogP contribution is -2.32. The number of pyridine rings is 1. The van der Waals surface area contributed by atoms with Crippen molar-refractivity contribution >= 4 is 10.9 Å². The first-order valence-electron chi connectivity index (χ1n) is 12.8. The van der Waals surface area contributed by atoms with Crippen LogP contribution in [0.5, 0.6) is 5.75 Å². The van der Waals surface area contributed by atoms with Crippen molar-refractivity contribution in [2.24, 2.45) is 0 Å². The number of rotatable bonds is 9. The van der Waals surface area contributed by atoms with E-state index in [4.69, 9.17) is 4.74 Å². The summed E-state index contributed by atoms with van der Waals surface area (Å²) in [7, 11) is 1.67. The predicted octanol–water partition coefficient (Wildman–Crippen LogP) is 5.10. The zero-order valence-electron chi connectivity index (χ0n) is 21.3. The first-order chi connectivity index (χ1) is 17.6. The minimum atomic E-state index is -0.0573. The van der Waals surface area contributed by atoms with Crippen molar-refractivity contribution in [3.63, 3.8) is 0 Å². The molecular weight excluding hydrogens is 452 g/mol. The Labute approximate surface area is 211 Å². The number of benzene rings is 2. The summed E-state index contributed by atoms with van der Waals surface area (Å²) in [6.45, 7) is 5.34. The van der Waals surface area contributed by atoms with Crippen LogP contribution in [0.1, 0.15) is 73.6 Å². The molecule has 1 N–H and O–H groups in total. The number of hydrogen-bond donors (Lipinski definition) is 1. The fraction of sp³-hybridized carbons (Fsp3) is 0.429. The molecule has 0 aliphatic heterocycles. The summed E-state index contributed by atoms with van der Waals surface area (Å²) in [5.41, 5.74) is 3.80. The second-order valence-corrected chi connectivity index (χ2v) is 9.81. The molecule has 1 aliphatic rings. The second-order valence-electron chi connectivity index (χ2n) is 9.81. The van der Waals surface area contributed by atoms with Gasteiger partial charge in [0.25, 0.3) is 5.56 Å². The van der Waals surface area contributed by atoms with Crippen LogP contribution >= 0.6 is 0 Å². The second kappa shape index (κ2) is 10.6. The SMILES string of the molecule is CC[C@H](c1nnnn1C1CCCC1)N(Cc1ccc(OC)cc1)Cc1cc2ccc(C)cc2[nH]c1=O. The van der Waals surface area contributed by atoms with Crippen LogP contribution in [0, 0.1) is 6.92 Å². The van der Waals surface area contributed by atoms with Crippen LogP contribution in [0.15, 0.2) is 53.3 Å². The third-order valence-electron chi connectivity index (χ3n) is 7.31. The molecule has 1 aliphatic carbocycles. The Morgan fingerprint density at radius 1 is 1.11 bits per heavy atom. The van der Waals surface area contributed by atoms with Crippen LogP contribution in [0.3, 0.4) is 0 Å². The summed E-state index contributed by atoms with van der Waals surface area (Å²) in [4.78, 5) is 18.6. The molecule has 1 fully saturated rings. The van der Waals surface area contributed by atoms with Crippen LogP contribution in [0.2, 0.25) is 0 Å². The molecule has 0 radical (unpaired) electrons. The maximum Gasteiger partial charge on any atom is 0.252 e. The van der Waals surface area contributed by atoms with Gasteiger partial charge in [-0.15, -0.1) is 5.10 Å². The quantitative estimate of drug-likeness (QED) is 0.354. The van der Waals surface area contributed by atoms with Gasteiger partial charge in [0.05, 0.1) is 19.2 Å². The van der Waals surface area contributed by atoms with Gasteiger partial charge in [-0.05, 0) is 77.4 Å². The molecule has 2 aromatic carbocycles. The molecule has 4 aromatic rings. The topological polar surface area (TPSA) is 88.9 Å². The number of tetrazole rings is 1. The fourth-order valence-corrected chi connectivity index (χ4v) is 5.37. The molecule has 0 amide bonds. The van der Waals surface area contributed by atoms with Gasteiger partial charge in [0.1, 0.15) is 5.75 Å². The van der Waals surface area contributed by atoms with Crippen LogP contribution < -0.4 is 10.3 Å². The van der Waals surface area contributed by atoms with Crippen LogP contribution in [-0.4, -0.2) is 37.2 Å². The van der Waals surface area contributed by atoms with Gasteiger partial charge in [0, 0.05) is 24.2 Å². The van der Waals surface area contributed by atoms with Gasteiger partial charge >= 0.3 is 0 Å². The zero-order chi connectivity index (χ0) is 25.1. The lowest BCUT2D eigenvalue weighted by atomic mass is 10.1. The summed E-state index contributed by atoms with van der Waals surface area (Å²) in [6.07, 6.45) is 5.46. The molecule has 0 saturated heterocycles. The maximum atomic E-state index is 13.1. The van der Waals surface area contributed by atoms with Gasteiger partial charge in [-0.1, -0.05) is 44.0 Å². The Balaban J connectivity index is 1.52. The number of nitrogens with one attached hydrogen (secondary N) is 1. The van der Waals surface area contributed by atoms with E-state index in [9.17, 15) is 4.79 Å². The molecular formula is C28H34N6O2. The van der Waals surface area contributed by atoms with E-state index in [1.54, 1.807) is 7.11 Å². The summed E-state index contributed by atoms with van der Waals surface area (Å²) in [6, 6.07) is 16.6. The van der Waals surface area contributed by atoms with E-state index in [-0.39, 0.29) is 11.6 Å². The van der Waals surface area contributed by atoms with E-state index in [1.807, 2.05) is 35.9 Å². The zero-order valence-corrected chi connectivity index (χ0v) is 21.3. The lowest BCUT2D eigenvalue weighted by molar-refractivity contribution is 0.158. The highest BCUT2D eigenvalue weighted by Gasteiger charge is 2.29. The van der Waals surface area contributed by atoms with Gasteiger partial charge < -0.3 is 9.72 Å². The molecule has 36 heavy (non-hydrogen) atoms. The Morgan fingerprint density at radius 2 is 1.89 bits per heavy atom. The van der Waals surface area contributed by atoms with Gasteiger partial charge in [0.15, 0.2) is 5.82 Å². The molecule has 0 spiro atoms. The molecule has 2 aromatic heterocycles. The molecule has 0 unspecified atom stereocenters. The minimum absolute atomic E-state index is 0.0317. The highest BCUT2D eigenvalue weighted by molar-refractivity contribution is 5.79. The fourth-order valence-electron chi connectivity index (χ4n) is 5.37. The molecule has 1 atom stereocenters. The smallest absolute Gasteiger partial charge is 0.252 e. The highest BCUT2D eigenvalue weighted by atomic mass is 16.5. The van der Waals surface area contributed by atoms with E-state index in [1.165, 1.54) is 12.8 Å². The molecule has 8 nitrogen and oxygen atoms in total. The van der Waals surface area contributed by atoms with Crippen molar-refractivity contribution in [2.75, 3.05) is 7.11 Å². The van der Waals surface area contributed by atoms with Crippen molar-refractivity contribution in [1.29, 1.82) is 0 Å². The average Bonchev–Trinajstić information content (AvgIpc) is 3.58. The van der Waals surface area contributed by atoms with Crippen molar-refractivity contribution in [3.05, 3.63) is 81.4 Å². The summed E-state index contributed by atoms with van der Waals surface area (Å²) in [5.74, 6) is 1.70. The Morgan fingerprint density at radius 3 is 2.61 bits per heavy atom. The lowest BCUT2D eigenvalue weighted by Gasteiger charge is -2.31. The molecule has 8 heteroatoms. The number of aromatic nitrogens is 5. The number of methoxy groups -OCH3 is 1. The van der Waals surface area contributed by atoms with E-state index in [0.29, 0.717) is 19.1 Å². The normalized spacial score (nSPS) is 15.1. The standard InChI is InChI=1S/C28H34N6O2/c1-4-26(27-30-31-32-34(27)23-7-5-6-8-23)33(17-20-10-13-24(36-3)14-11-20)18-22-16-21-12-9-19(2)15-25(21)29-28(22)35/h9-16,23,26H,4-8,17-18H2,1-3H3,(H,29,35)/t26-/m1/s1. The number of aromatic amines is 1. The summed E-state index contributed by atoms with van der Waals surface area (Å²) >= 11 is 0. The molecule has 1 saturated carbocycles. The molecule has 5 rings (SSSR count). The van der Waals surface area contributed by atoms with E-state index >= 15 is 0 Å². The van der Waals surface area contributed by atoms with E-state index < -0.39 is 0 Å². The molecule has 188 valence electrons. The van der Waals surface area contributed by atoms with Crippen LogP contribution in [0.25, 0.3) is 10.9 Å². The van der Waals surface area contributed by atoms with E-state index in [0.717, 1.165) is 58.4 Å². The van der Waals surface area contributed by atoms with Crippen LogP contribution in [-0.2, 0) is 13.1 Å². The number of hydrogen-bond acceptors (Lipinski definition) is 6. The van der Waals surface area contributed by atoms with Gasteiger partial charge in [0.2, 0.25) is 0 Å². The van der Waals surface area contributed by atoms with Gasteiger partial charge in [-0.2, -0.15) is 0 Å². The highest BCUT2D eigenvalue weighted by Crippen LogP contribution is 2.33. The number of ether oxygens (including phenoxy) is 1. The largest absolute Gasteiger partial charge is 0.497 e. The Hall–Kier alpha value is -3.52. The first kappa shape index (κ1) is 24.2. The Bertz CT molecular complexity index is 1370. The van der Waals surface area contributed by atoms with Crippen molar-refractivity contribution < 1.29 is 4.74 Å². The third-order valence-corrected chi connectivity index (χ3v) is 7.31. The maximum absolute atomic E-state index is 13.1. The summed E-state index contributed by atoms with van der Waals surface area (Å²) in [5, 5.41) is 14.0. The van der Waals surface area contributed by atoms with Crippen LogP contribution in [0.4, 0.5) is 0 Å². The third kappa shape index (κ3) is 5.04. The van der Waals surface area contributed by atoms with Gasteiger partial charge in [-0.25, -0.2) is 4.68 Å².